The summed E-state index contributed by atoms with van der Waals surface area (Å²) in [6.07, 6.45) is 3.34. The Hall–Kier alpha value is -1.30. The summed E-state index contributed by atoms with van der Waals surface area (Å²) in [5.74, 6) is 0. The van der Waals surface area contributed by atoms with Crippen LogP contribution >= 0.6 is 0 Å². The molecule has 1 aliphatic carbocycles. The molecule has 0 saturated heterocycles. The molecule has 0 bridgehead atoms. The van der Waals surface area contributed by atoms with Crippen molar-refractivity contribution in [3.8, 4) is 0 Å². The molecule has 0 saturated carbocycles. The zero-order chi connectivity index (χ0) is 11.9. The van der Waals surface area contributed by atoms with Gasteiger partial charge in [-0.3, -0.25) is 0 Å². The molecule has 1 aromatic carbocycles. The van der Waals surface area contributed by atoms with Crippen LogP contribution in [0.5, 0.6) is 0 Å². The van der Waals surface area contributed by atoms with E-state index in [9.17, 15) is 0 Å². The van der Waals surface area contributed by atoms with Crippen molar-refractivity contribution in [1.29, 1.82) is 0 Å². The Morgan fingerprint density at radius 1 is 1.25 bits per heavy atom. The second kappa shape index (κ2) is 3.62. The third-order valence-corrected chi connectivity index (χ3v) is 3.27. The van der Waals surface area contributed by atoms with Crippen LogP contribution in [0.4, 0.5) is 0 Å². The molecule has 2 rings (SSSR count). The Kier molecular flexibility index (Phi) is 2.53. The molecule has 0 unspecified atom stereocenters. The molecule has 84 valence electrons. The smallest absolute Gasteiger partial charge is 0.00172 e. The van der Waals surface area contributed by atoms with Gasteiger partial charge in [0.25, 0.3) is 0 Å². The Balaban J connectivity index is 2.42. The van der Waals surface area contributed by atoms with Gasteiger partial charge < -0.3 is 0 Å². The van der Waals surface area contributed by atoms with Gasteiger partial charge in [0, 0.05) is 0 Å². The van der Waals surface area contributed by atoms with Gasteiger partial charge in [0.2, 0.25) is 0 Å². The van der Waals surface area contributed by atoms with Crippen LogP contribution < -0.4 is 0 Å². The molecule has 0 radical (unpaired) electrons. The second-order valence-corrected chi connectivity index (χ2v) is 5.79. The summed E-state index contributed by atoms with van der Waals surface area (Å²) in [6, 6.07) is 6.85. The Labute approximate surface area is 98.7 Å². The van der Waals surface area contributed by atoms with Crippen molar-refractivity contribution >= 4 is 6.08 Å². The minimum atomic E-state index is 0.231. The molecular weight excluding hydrogens is 192 g/mol. The first-order valence-corrected chi connectivity index (χ1v) is 5.88. The molecule has 1 aromatic rings. The minimum Gasteiger partial charge on any atom is -0.0958 e. The quantitative estimate of drug-likeness (QED) is 0.643. The van der Waals surface area contributed by atoms with E-state index >= 15 is 0 Å². The summed E-state index contributed by atoms with van der Waals surface area (Å²) in [5.41, 5.74) is 7.02. The molecule has 0 N–H and O–H groups in total. The molecule has 0 heteroatoms. The molecule has 0 atom stereocenters. The van der Waals surface area contributed by atoms with Gasteiger partial charge in [-0.1, -0.05) is 57.2 Å². The SMILES string of the molecule is C=C(C)C1=Cc2cc(C(C)(C)C)ccc2C1. The van der Waals surface area contributed by atoms with Crippen LogP contribution in [0, 0.1) is 0 Å². The first-order chi connectivity index (χ1) is 7.38. The van der Waals surface area contributed by atoms with Crippen molar-refractivity contribution in [2.45, 2.75) is 39.5 Å². The van der Waals surface area contributed by atoms with Gasteiger partial charge in [0.15, 0.2) is 0 Å². The maximum Gasteiger partial charge on any atom is -0.00172 e. The lowest BCUT2D eigenvalue weighted by Crippen LogP contribution is -2.11. The Morgan fingerprint density at radius 3 is 2.50 bits per heavy atom. The predicted octanol–water partition coefficient (Wildman–Crippen LogP) is 4.50. The van der Waals surface area contributed by atoms with E-state index in [1.807, 2.05) is 0 Å². The molecule has 1 aliphatic rings. The summed E-state index contributed by atoms with van der Waals surface area (Å²) in [7, 11) is 0. The lowest BCUT2D eigenvalue weighted by atomic mass is 9.85. The van der Waals surface area contributed by atoms with Crippen molar-refractivity contribution < 1.29 is 0 Å². The van der Waals surface area contributed by atoms with E-state index in [1.54, 1.807) is 0 Å². The van der Waals surface area contributed by atoms with Crippen LogP contribution in [-0.4, -0.2) is 0 Å². The van der Waals surface area contributed by atoms with Gasteiger partial charge in [0.1, 0.15) is 0 Å². The van der Waals surface area contributed by atoms with Crippen LogP contribution in [0.25, 0.3) is 6.08 Å². The highest BCUT2D eigenvalue weighted by Crippen LogP contribution is 2.32. The number of rotatable bonds is 1. The average Bonchev–Trinajstić information content (AvgIpc) is 2.58. The van der Waals surface area contributed by atoms with Gasteiger partial charge in [-0.15, -0.1) is 0 Å². The normalized spacial score (nSPS) is 14.6. The Morgan fingerprint density at radius 2 is 1.94 bits per heavy atom. The van der Waals surface area contributed by atoms with Crippen molar-refractivity contribution in [1.82, 2.24) is 0 Å². The molecule has 0 heterocycles. The summed E-state index contributed by atoms with van der Waals surface area (Å²) in [4.78, 5) is 0. The third-order valence-electron chi connectivity index (χ3n) is 3.27. The van der Waals surface area contributed by atoms with Crippen molar-refractivity contribution in [3.63, 3.8) is 0 Å². The highest BCUT2D eigenvalue weighted by Gasteiger charge is 2.18. The standard InChI is InChI=1S/C16H20/c1-11(2)13-8-12-6-7-15(16(3,4)5)10-14(12)9-13/h6-7,9-10H,1,8H2,2-5H3. The molecule has 0 nitrogen and oxygen atoms in total. The second-order valence-electron chi connectivity index (χ2n) is 5.79. The van der Waals surface area contributed by atoms with E-state index in [1.165, 1.54) is 27.8 Å². The fraction of sp³-hybridized carbons (Fsp3) is 0.375. The number of fused-ring (bicyclic) bond motifs is 1. The van der Waals surface area contributed by atoms with Crippen molar-refractivity contribution in [3.05, 3.63) is 52.6 Å². The highest BCUT2D eigenvalue weighted by molar-refractivity contribution is 5.68. The van der Waals surface area contributed by atoms with E-state index in [2.05, 4.69) is 58.5 Å². The van der Waals surface area contributed by atoms with Gasteiger partial charge in [-0.2, -0.15) is 0 Å². The summed E-state index contributed by atoms with van der Waals surface area (Å²) in [6.45, 7) is 12.9. The topological polar surface area (TPSA) is 0 Å². The zero-order valence-corrected chi connectivity index (χ0v) is 10.7. The largest absolute Gasteiger partial charge is 0.0958 e. The average molecular weight is 212 g/mol. The van der Waals surface area contributed by atoms with Gasteiger partial charge in [-0.25, -0.2) is 0 Å². The third kappa shape index (κ3) is 1.97. The molecule has 0 spiro atoms. The van der Waals surface area contributed by atoms with Crippen LogP contribution in [0.2, 0.25) is 0 Å². The number of hydrogen-bond acceptors (Lipinski definition) is 0. The summed E-state index contributed by atoms with van der Waals surface area (Å²) < 4.78 is 0. The van der Waals surface area contributed by atoms with Crippen LogP contribution in [0.1, 0.15) is 44.4 Å². The molecular formula is C16H20. The fourth-order valence-electron chi connectivity index (χ4n) is 2.07. The van der Waals surface area contributed by atoms with Gasteiger partial charge in [-0.05, 0) is 41.0 Å². The maximum atomic E-state index is 4.02. The summed E-state index contributed by atoms with van der Waals surface area (Å²) >= 11 is 0. The van der Waals surface area contributed by atoms with E-state index in [0.717, 1.165) is 6.42 Å². The molecule has 16 heavy (non-hydrogen) atoms. The molecule has 0 amide bonds. The highest BCUT2D eigenvalue weighted by atomic mass is 14.2. The molecule has 0 fully saturated rings. The number of hydrogen-bond donors (Lipinski definition) is 0. The van der Waals surface area contributed by atoms with Crippen molar-refractivity contribution in [2.75, 3.05) is 0 Å². The lowest BCUT2D eigenvalue weighted by molar-refractivity contribution is 0.590. The first kappa shape index (κ1) is 11.2. The van der Waals surface area contributed by atoms with Gasteiger partial charge >= 0.3 is 0 Å². The van der Waals surface area contributed by atoms with E-state index in [0.29, 0.717) is 0 Å². The maximum absolute atomic E-state index is 4.02. The Bertz CT molecular complexity index is 467. The van der Waals surface area contributed by atoms with Crippen molar-refractivity contribution in [2.24, 2.45) is 0 Å². The summed E-state index contributed by atoms with van der Waals surface area (Å²) in [5, 5.41) is 0. The van der Waals surface area contributed by atoms with E-state index < -0.39 is 0 Å². The van der Waals surface area contributed by atoms with Crippen LogP contribution in [0.15, 0.2) is 35.9 Å². The van der Waals surface area contributed by atoms with Crippen LogP contribution in [-0.2, 0) is 11.8 Å². The number of benzene rings is 1. The lowest BCUT2D eigenvalue weighted by Gasteiger charge is -2.19. The molecule has 0 aromatic heterocycles. The number of allylic oxidation sites excluding steroid dienone is 2. The van der Waals surface area contributed by atoms with E-state index in [-0.39, 0.29) is 5.41 Å². The fourth-order valence-corrected chi connectivity index (χ4v) is 2.07. The van der Waals surface area contributed by atoms with E-state index in [4.69, 9.17) is 0 Å². The zero-order valence-electron chi connectivity index (χ0n) is 10.7. The van der Waals surface area contributed by atoms with Crippen LogP contribution in [0.3, 0.4) is 0 Å². The first-order valence-electron chi connectivity index (χ1n) is 5.88. The monoisotopic (exact) mass is 212 g/mol. The predicted molar refractivity (Wildman–Crippen MR) is 71.6 cm³/mol. The minimum absolute atomic E-state index is 0.231. The molecule has 0 aliphatic heterocycles. The van der Waals surface area contributed by atoms with Gasteiger partial charge in [0.05, 0.1) is 0 Å².